The van der Waals surface area contributed by atoms with Gasteiger partial charge in [0.15, 0.2) is 0 Å². The summed E-state index contributed by atoms with van der Waals surface area (Å²) in [7, 11) is 0. The quantitative estimate of drug-likeness (QED) is 0.559. The molecule has 0 aromatic heterocycles. The molecule has 0 bridgehead atoms. The summed E-state index contributed by atoms with van der Waals surface area (Å²) in [5.74, 6) is 1.55. The minimum absolute atomic E-state index is 0.773. The van der Waals surface area contributed by atoms with Crippen LogP contribution in [0.25, 0.3) is 0 Å². The molecule has 0 aliphatic heterocycles. The predicted octanol–water partition coefficient (Wildman–Crippen LogP) is 3.88. The van der Waals surface area contributed by atoms with Crippen molar-refractivity contribution in [2.75, 3.05) is 13.2 Å². The summed E-state index contributed by atoms with van der Waals surface area (Å²) in [6.07, 6.45) is 5.00. The van der Waals surface area contributed by atoms with Gasteiger partial charge in [-0.2, -0.15) is 0 Å². The molecule has 1 heteroatoms. The molecule has 0 aromatic rings. The molecule has 0 aliphatic carbocycles. The molecule has 0 heterocycles. The van der Waals surface area contributed by atoms with Crippen LogP contribution in [0, 0.1) is 11.8 Å². The van der Waals surface area contributed by atoms with Crippen molar-refractivity contribution in [1.82, 2.24) is 0 Å². The van der Waals surface area contributed by atoms with Crippen LogP contribution in [0.1, 0.15) is 53.4 Å². The summed E-state index contributed by atoms with van der Waals surface area (Å²) in [4.78, 5) is 0. The SMILES string of the molecule is CCC(CC)COCC(CC)CC. The molecule has 13 heavy (non-hydrogen) atoms. The molecular formula is C12H26O. The molecule has 0 saturated carbocycles. The van der Waals surface area contributed by atoms with Crippen molar-refractivity contribution in [3.8, 4) is 0 Å². The fourth-order valence-corrected chi connectivity index (χ4v) is 1.45. The van der Waals surface area contributed by atoms with E-state index in [-0.39, 0.29) is 0 Å². The van der Waals surface area contributed by atoms with Crippen LogP contribution in [-0.2, 0) is 4.74 Å². The molecular weight excluding hydrogens is 160 g/mol. The largest absolute Gasteiger partial charge is 0.381 e. The van der Waals surface area contributed by atoms with Gasteiger partial charge in [-0.15, -0.1) is 0 Å². The summed E-state index contributed by atoms with van der Waals surface area (Å²) in [5, 5.41) is 0. The van der Waals surface area contributed by atoms with E-state index < -0.39 is 0 Å². The first-order valence-corrected chi connectivity index (χ1v) is 5.86. The molecule has 0 aliphatic rings. The monoisotopic (exact) mass is 186 g/mol. The van der Waals surface area contributed by atoms with Gasteiger partial charge in [0.25, 0.3) is 0 Å². The molecule has 0 spiro atoms. The lowest BCUT2D eigenvalue weighted by Gasteiger charge is -2.16. The second-order valence-corrected chi connectivity index (χ2v) is 3.90. The molecule has 0 amide bonds. The van der Waals surface area contributed by atoms with Gasteiger partial charge in [-0.3, -0.25) is 0 Å². The van der Waals surface area contributed by atoms with Gasteiger partial charge in [0, 0.05) is 13.2 Å². The van der Waals surface area contributed by atoms with Crippen molar-refractivity contribution >= 4 is 0 Å². The maximum Gasteiger partial charge on any atom is 0.0494 e. The van der Waals surface area contributed by atoms with Crippen LogP contribution in [0.4, 0.5) is 0 Å². The Morgan fingerprint density at radius 1 is 0.692 bits per heavy atom. The van der Waals surface area contributed by atoms with Crippen LogP contribution in [-0.4, -0.2) is 13.2 Å². The average molecular weight is 186 g/mol. The lowest BCUT2D eigenvalue weighted by atomic mass is 10.0. The topological polar surface area (TPSA) is 9.23 Å². The van der Waals surface area contributed by atoms with Crippen molar-refractivity contribution in [1.29, 1.82) is 0 Å². The number of hydrogen-bond donors (Lipinski definition) is 0. The van der Waals surface area contributed by atoms with Gasteiger partial charge in [-0.25, -0.2) is 0 Å². The van der Waals surface area contributed by atoms with Crippen LogP contribution in [0.2, 0.25) is 0 Å². The van der Waals surface area contributed by atoms with Gasteiger partial charge in [0.2, 0.25) is 0 Å². The van der Waals surface area contributed by atoms with Crippen LogP contribution in [0.3, 0.4) is 0 Å². The molecule has 0 aromatic carbocycles. The number of rotatable bonds is 8. The molecule has 0 radical (unpaired) electrons. The normalized spacial score (nSPS) is 11.5. The predicted molar refractivity (Wildman–Crippen MR) is 59.0 cm³/mol. The van der Waals surface area contributed by atoms with Gasteiger partial charge in [0.1, 0.15) is 0 Å². The van der Waals surface area contributed by atoms with E-state index in [2.05, 4.69) is 27.7 Å². The van der Waals surface area contributed by atoms with Crippen LogP contribution >= 0.6 is 0 Å². The van der Waals surface area contributed by atoms with Crippen LogP contribution in [0.15, 0.2) is 0 Å². The first-order valence-electron chi connectivity index (χ1n) is 5.86. The van der Waals surface area contributed by atoms with Crippen molar-refractivity contribution in [3.63, 3.8) is 0 Å². The second kappa shape index (κ2) is 8.55. The Morgan fingerprint density at radius 2 is 1.00 bits per heavy atom. The fraction of sp³-hybridized carbons (Fsp3) is 1.00. The molecule has 0 N–H and O–H groups in total. The van der Waals surface area contributed by atoms with Crippen molar-refractivity contribution in [3.05, 3.63) is 0 Å². The summed E-state index contributed by atoms with van der Waals surface area (Å²) in [6, 6.07) is 0. The molecule has 0 rings (SSSR count). The highest BCUT2D eigenvalue weighted by Crippen LogP contribution is 2.11. The molecule has 0 fully saturated rings. The fourth-order valence-electron chi connectivity index (χ4n) is 1.45. The zero-order chi connectivity index (χ0) is 10.1. The Bertz CT molecular complexity index is 81.3. The lowest BCUT2D eigenvalue weighted by Crippen LogP contribution is -2.13. The maximum atomic E-state index is 5.72. The molecule has 0 atom stereocenters. The van der Waals surface area contributed by atoms with Gasteiger partial charge in [0.05, 0.1) is 0 Å². The standard InChI is InChI=1S/C12H26O/c1-5-11(6-2)9-13-10-12(7-3)8-4/h11-12H,5-10H2,1-4H3. The summed E-state index contributed by atoms with van der Waals surface area (Å²) < 4.78 is 5.72. The van der Waals surface area contributed by atoms with Crippen molar-refractivity contribution < 1.29 is 4.74 Å². The molecule has 0 unspecified atom stereocenters. The summed E-state index contributed by atoms with van der Waals surface area (Å²) >= 11 is 0. The van der Waals surface area contributed by atoms with E-state index >= 15 is 0 Å². The molecule has 0 saturated heterocycles. The Labute approximate surface area is 83.9 Å². The van der Waals surface area contributed by atoms with E-state index in [1.165, 1.54) is 25.7 Å². The summed E-state index contributed by atoms with van der Waals surface area (Å²) in [6.45, 7) is 10.9. The van der Waals surface area contributed by atoms with Crippen LogP contribution in [0.5, 0.6) is 0 Å². The number of hydrogen-bond acceptors (Lipinski definition) is 1. The Balaban J connectivity index is 3.41. The van der Waals surface area contributed by atoms with E-state index in [0.717, 1.165) is 25.0 Å². The zero-order valence-electron chi connectivity index (χ0n) is 9.81. The van der Waals surface area contributed by atoms with E-state index in [1.807, 2.05) is 0 Å². The highest BCUT2D eigenvalue weighted by molar-refractivity contribution is 4.55. The zero-order valence-corrected chi connectivity index (χ0v) is 9.81. The Hall–Kier alpha value is -0.0400. The third kappa shape index (κ3) is 6.09. The smallest absolute Gasteiger partial charge is 0.0494 e. The van der Waals surface area contributed by atoms with Gasteiger partial charge in [-0.05, 0) is 11.8 Å². The highest BCUT2D eigenvalue weighted by atomic mass is 16.5. The second-order valence-electron chi connectivity index (χ2n) is 3.90. The third-order valence-corrected chi connectivity index (χ3v) is 3.02. The van der Waals surface area contributed by atoms with E-state index in [1.54, 1.807) is 0 Å². The van der Waals surface area contributed by atoms with Crippen molar-refractivity contribution in [2.24, 2.45) is 11.8 Å². The minimum Gasteiger partial charge on any atom is -0.381 e. The van der Waals surface area contributed by atoms with Crippen LogP contribution < -0.4 is 0 Å². The van der Waals surface area contributed by atoms with Crippen molar-refractivity contribution in [2.45, 2.75) is 53.4 Å². The minimum atomic E-state index is 0.773. The number of ether oxygens (including phenoxy) is 1. The molecule has 1 nitrogen and oxygen atoms in total. The van der Waals surface area contributed by atoms with E-state index in [9.17, 15) is 0 Å². The van der Waals surface area contributed by atoms with Gasteiger partial charge >= 0.3 is 0 Å². The van der Waals surface area contributed by atoms with Gasteiger partial charge < -0.3 is 4.74 Å². The summed E-state index contributed by atoms with van der Waals surface area (Å²) in [5.41, 5.74) is 0. The first kappa shape index (κ1) is 13.0. The molecule has 80 valence electrons. The van der Waals surface area contributed by atoms with E-state index in [4.69, 9.17) is 4.74 Å². The highest BCUT2D eigenvalue weighted by Gasteiger charge is 2.06. The lowest BCUT2D eigenvalue weighted by molar-refractivity contribution is 0.0667. The first-order chi connectivity index (χ1) is 6.28. The Morgan fingerprint density at radius 3 is 1.23 bits per heavy atom. The van der Waals surface area contributed by atoms with Gasteiger partial charge in [-0.1, -0.05) is 53.4 Å². The van der Waals surface area contributed by atoms with E-state index in [0.29, 0.717) is 0 Å². The third-order valence-electron chi connectivity index (χ3n) is 3.02. The average Bonchev–Trinajstić information content (AvgIpc) is 2.19. The Kier molecular flexibility index (Phi) is 8.53. The maximum absolute atomic E-state index is 5.72.